The molecule has 0 aromatic rings. The van der Waals surface area contributed by atoms with Crippen LogP contribution in [0.15, 0.2) is 0 Å². The van der Waals surface area contributed by atoms with Crippen LogP contribution in [-0.2, 0) is 4.74 Å². The Hall–Kier alpha value is -0.120. The fourth-order valence-corrected chi connectivity index (χ4v) is 2.06. The Balaban J connectivity index is 2.10. The highest BCUT2D eigenvalue weighted by Gasteiger charge is 2.19. The second-order valence-electron chi connectivity index (χ2n) is 4.49. The van der Waals surface area contributed by atoms with E-state index in [1.54, 1.807) is 7.11 Å². The predicted molar refractivity (Wildman–Crippen MR) is 57.3 cm³/mol. The first-order chi connectivity index (χ1) is 6.72. The van der Waals surface area contributed by atoms with E-state index in [1.807, 2.05) is 0 Å². The smallest absolute Gasteiger partial charge is 0.0555 e. The van der Waals surface area contributed by atoms with Gasteiger partial charge in [0.05, 0.1) is 6.10 Å². The lowest BCUT2D eigenvalue weighted by Gasteiger charge is -2.27. The summed E-state index contributed by atoms with van der Waals surface area (Å²) in [4.78, 5) is 0. The van der Waals surface area contributed by atoms with Gasteiger partial charge in [-0.05, 0) is 31.6 Å². The van der Waals surface area contributed by atoms with Gasteiger partial charge in [0.25, 0.3) is 0 Å². The number of methoxy groups -OCH3 is 1. The highest BCUT2D eigenvalue weighted by atomic mass is 16.5. The molecule has 1 aliphatic carbocycles. The van der Waals surface area contributed by atoms with Gasteiger partial charge in [0.1, 0.15) is 0 Å². The van der Waals surface area contributed by atoms with Gasteiger partial charge in [-0.1, -0.05) is 6.92 Å². The Morgan fingerprint density at radius 2 is 2.29 bits per heavy atom. The maximum absolute atomic E-state index is 9.48. The Bertz CT molecular complexity index is 152. The van der Waals surface area contributed by atoms with Gasteiger partial charge < -0.3 is 15.2 Å². The average molecular weight is 201 g/mol. The number of aliphatic hydroxyl groups is 1. The van der Waals surface area contributed by atoms with E-state index in [-0.39, 0.29) is 6.10 Å². The predicted octanol–water partition coefficient (Wildman–Crippen LogP) is 1.16. The first-order valence-corrected chi connectivity index (χ1v) is 5.62. The average Bonchev–Trinajstić information content (AvgIpc) is 2.15. The fourth-order valence-electron chi connectivity index (χ4n) is 2.06. The molecule has 84 valence electrons. The van der Waals surface area contributed by atoms with Crippen LogP contribution in [0.3, 0.4) is 0 Å². The standard InChI is InChI=1S/C11H23NO2/c1-9(8-14-2)7-12-10-4-3-5-11(13)6-10/h9-13H,3-8H2,1-2H3. The van der Waals surface area contributed by atoms with Crippen LogP contribution < -0.4 is 5.32 Å². The third-order valence-corrected chi connectivity index (χ3v) is 2.85. The van der Waals surface area contributed by atoms with Crippen LogP contribution in [0.2, 0.25) is 0 Å². The van der Waals surface area contributed by atoms with Crippen molar-refractivity contribution in [1.29, 1.82) is 0 Å². The molecule has 0 aromatic heterocycles. The van der Waals surface area contributed by atoms with E-state index in [0.29, 0.717) is 12.0 Å². The van der Waals surface area contributed by atoms with Crippen LogP contribution in [0, 0.1) is 5.92 Å². The summed E-state index contributed by atoms with van der Waals surface area (Å²) in [6.07, 6.45) is 4.17. The molecule has 3 atom stereocenters. The molecule has 0 aromatic carbocycles. The molecule has 1 rings (SSSR count). The molecule has 1 fully saturated rings. The summed E-state index contributed by atoms with van der Waals surface area (Å²) in [5, 5.41) is 13.0. The van der Waals surface area contributed by atoms with Crippen molar-refractivity contribution in [2.75, 3.05) is 20.3 Å². The van der Waals surface area contributed by atoms with Gasteiger partial charge in [-0.3, -0.25) is 0 Å². The lowest BCUT2D eigenvalue weighted by molar-refractivity contribution is 0.107. The van der Waals surface area contributed by atoms with E-state index in [4.69, 9.17) is 4.74 Å². The minimum atomic E-state index is -0.0843. The van der Waals surface area contributed by atoms with Crippen molar-refractivity contribution in [1.82, 2.24) is 5.32 Å². The van der Waals surface area contributed by atoms with Crippen molar-refractivity contribution in [2.45, 2.75) is 44.8 Å². The van der Waals surface area contributed by atoms with Crippen LogP contribution in [0.5, 0.6) is 0 Å². The molecule has 0 amide bonds. The van der Waals surface area contributed by atoms with Crippen molar-refractivity contribution in [3.05, 3.63) is 0 Å². The van der Waals surface area contributed by atoms with Crippen LogP contribution in [0.25, 0.3) is 0 Å². The number of ether oxygens (including phenoxy) is 1. The van der Waals surface area contributed by atoms with Crippen molar-refractivity contribution in [3.8, 4) is 0 Å². The molecule has 2 N–H and O–H groups in total. The maximum Gasteiger partial charge on any atom is 0.0555 e. The third kappa shape index (κ3) is 4.40. The summed E-state index contributed by atoms with van der Waals surface area (Å²) in [6, 6.07) is 0.512. The van der Waals surface area contributed by atoms with Crippen LogP contribution in [0.4, 0.5) is 0 Å². The summed E-state index contributed by atoms with van der Waals surface area (Å²) in [7, 11) is 1.74. The summed E-state index contributed by atoms with van der Waals surface area (Å²) >= 11 is 0. The highest BCUT2D eigenvalue weighted by Crippen LogP contribution is 2.18. The molecule has 14 heavy (non-hydrogen) atoms. The molecule has 3 heteroatoms. The van der Waals surface area contributed by atoms with E-state index in [2.05, 4.69) is 12.2 Å². The Kier molecular flexibility index (Phi) is 5.45. The van der Waals surface area contributed by atoms with E-state index in [0.717, 1.165) is 32.4 Å². The molecule has 3 nitrogen and oxygen atoms in total. The second-order valence-corrected chi connectivity index (χ2v) is 4.49. The largest absolute Gasteiger partial charge is 0.393 e. The highest BCUT2D eigenvalue weighted by molar-refractivity contribution is 4.77. The lowest BCUT2D eigenvalue weighted by Crippen LogP contribution is -2.38. The Labute approximate surface area is 86.8 Å². The van der Waals surface area contributed by atoms with Gasteiger partial charge in [0.15, 0.2) is 0 Å². The van der Waals surface area contributed by atoms with Crippen LogP contribution >= 0.6 is 0 Å². The molecule has 1 saturated carbocycles. The summed E-state index contributed by atoms with van der Waals surface area (Å²) in [5.41, 5.74) is 0. The zero-order valence-electron chi connectivity index (χ0n) is 9.33. The molecule has 1 aliphatic rings. The number of rotatable bonds is 5. The van der Waals surface area contributed by atoms with Gasteiger partial charge in [-0.2, -0.15) is 0 Å². The van der Waals surface area contributed by atoms with Crippen molar-refractivity contribution in [3.63, 3.8) is 0 Å². The summed E-state index contributed by atoms with van der Waals surface area (Å²) in [6.45, 7) is 3.98. The molecule has 0 saturated heterocycles. The zero-order valence-corrected chi connectivity index (χ0v) is 9.33. The molecule has 0 heterocycles. The number of hydrogen-bond acceptors (Lipinski definition) is 3. The molecule has 3 unspecified atom stereocenters. The Morgan fingerprint density at radius 3 is 2.93 bits per heavy atom. The molecular weight excluding hydrogens is 178 g/mol. The fraction of sp³-hybridized carbons (Fsp3) is 1.00. The maximum atomic E-state index is 9.48. The van der Waals surface area contributed by atoms with Gasteiger partial charge in [0, 0.05) is 26.3 Å². The number of hydrogen-bond donors (Lipinski definition) is 2. The van der Waals surface area contributed by atoms with Gasteiger partial charge in [-0.15, -0.1) is 0 Å². The number of aliphatic hydroxyl groups excluding tert-OH is 1. The Morgan fingerprint density at radius 1 is 1.50 bits per heavy atom. The molecular formula is C11H23NO2. The van der Waals surface area contributed by atoms with Gasteiger partial charge in [0.2, 0.25) is 0 Å². The second kappa shape index (κ2) is 6.38. The quantitative estimate of drug-likeness (QED) is 0.701. The van der Waals surface area contributed by atoms with Crippen LogP contribution in [-0.4, -0.2) is 37.5 Å². The lowest BCUT2D eigenvalue weighted by atomic mass is 9.93. The molecule has 0 radical (unpaired) electrons. The first-order valence-electron chi connectivity index (χ1n) is 5.62. The zero-order chi connectivity index (χ0) is 10.4. The molecule has 0 spiro atoms. The summed E-state index contributed by atoms with van der Waals surface area (Å²) < 4.78 is 5.08. The van der Waals surface area contributed by atoms with Gasteiger partial charge in [-0.25, -0.2) is 0 Å². The first kappa shape index (κ1) is 12.0. The molecule has 0 aliphatic heterocycles. The topological polar surface area (TPSA) is 41.5 Å². The van der Waals surface area contributed by atoms with Crippen molar-refractivity contribution < 1.29 is 9.84 Å². The minimum absolute atomic E-state index is 0.0843. The monoisotopic (exact) mass is 201 g/mol. The van der Waals surface area contributed by atoms with E-state index in [9.17, 15) is 5.11 Å². The molecule has 0 bridgehead atoms. The van der Waals surface area contributed by atoms with Crippen molar-refractivity contribution in [2.24, 2.45) is 5.92 Å². The SMILES string of the molecule is COCC(C)CNC1CCCC(O)C1. The van der Waals surface area contributed by atoms with E-state index in [1.165, 1.54) is 6.42 Å². The van der Waals surface area contributed by atoms with Crippen LogP contribution in [0.1, 0.15) is 32.6 Å². The van der Waals surface area contributed by atoms with Gasteiger partial charge >= 0.3 is 0 Å². The summed E-state index contributed by atoms with van der Waals surface area (Å²) in [5.74, 6) is 0.555. The number of nitrogens with one attached hydrogen (secondary N) is 1. The third-order valence-electron chi connectivity index (χ3n) is 2.85. The van der Waals surface area contributed by atoms with E-state index < -0.39 is 0 Å². The minimum Gasteiger partial charge on any atom is -0.393 e. The van der Waals surface area contributed by atoms with Crippen molar-refractivity contribution >= 4 is 0 Å². The normalized spacial score (nSPS) is 30.2. The van der Waals surface area contributed by atoms with E-state index >= 15 is 0 Å².